The zero-order valence-corrected chi connectivity index (χ0v) is 27.5. The highest BCUT2D eigenvalue weighted by Gasteiger charge is 2.75. The van der Waals surface area contributed by atoms with E-state index in [-0.39, 0.29) is 56.8 Å². The van der Waals surface area contributed by atoms with Crippen LogP contribution in [0.1, 0.15) is 43.8 Å². The molecule has 3 aromatic rings. The van der Waals surface area contributed by atoms with Gasteiger partial charge in [-0.2, -0.15) is 0 Å². The molecule has 49 heavy (non-hydrogen) atoms. The number of amides is 3. The molecule has 3 heterocycles. The van der Waals surface area contributed by atoms with Crippen LogP contribution in [0.15, 0.2) is 98.1 Å². The third kappa shape index (κ3) is 6.50. The monoisotopic (exact) mass is 665 g/mol. The molecular weight excluding hydrogens is 622 g/mol. The number of ether oxygens (including phenoxy) is 2. The van der Waals surface area contributed by atoms with Gasteiger partial charge in [-0.15, -0.1) is 13.2 Å². The minimum atomic E-state index is -1.24. The highest BCUT2D eigenvalue weighted by Crippen LogP contribution is 2.59. The fraction of sp³-hybridized carbons (Fsp3) is 0.385. The summed E-state index contributed by atoms with van der Waals surface area (Å²) in [6.45, 7) is 7.76. The Labute approximate surface area is 286 Å². The van der Waals surface area contributed by atoms with Crippen LogP contribution in [-0.4, -0.2) is 77.7 Å². The third-order valence-electron chi connectivity index (χ3n) is 9.98. The molecule has 0 radical (unpaired) electrons. The molecule has 3 amide bonds. The van der Waals surface area contributed by atoms with E-state index >= 15 is 0 Å². The van der Waals surface area contributed by atoms with Crippen LogP contribution in [0.25, 0.3) is 10.8 Å². The Morgan fingerprint density at radius 2 is 1.82 bits per heavy atom. The topological polar surface area (TPSA) is 125 Å². The largest absolute Gasteiger partial charge is 0.455 e. The number of nitrogens with one attached hydrogen (secondary N) is 1. The number of hydrogen-bond donors (Lipinski definition) is 2. The van der Waals surface area contributed by atoms with Crippen LogP contribution in [0, 0.1) is 11.8 Å². The van der Waals surface area contributed by atoms with Crippen LogP contribution in [0.3, 0.4) is 0 Å². The molecule has 3 saturated heterocycles. The van der Waals surface area contributed by atoms with E-state index in [9.17, 15) is 24.3 Å². The second-order valence-electron chi connectivity index (χ2n) is 12.9. The van der Waals surface area contributed by atoms with Crippen molar-refractivity contribution in [3.8, 4) is 0 Å². The lowest BCUT2D eigenvalue weighted by Gasteiger charge is -2.36. The van der Waals surface area contributed by atoms with Crippen LogP contribution in [0.2, 0.25) is 0 Å². The summed E-state index contributed by atoms with van der Waals surface area (Å²) < 4.78 is 12.7. The number of carbonyl (C=O) groups excluding carboxylic acids is 4. The summed E-state index contributed by atoms with van der Waals surface area (Å²) in [6, 6.07) is 21.8. The minimum Gasteiger partial charge on any atom is -0.455 e. The van der Waals surface area contributed by atoms with Gasteiger partial charge in [0.05, 0.1) is 24.5 Å². The molecule has 6 rings (SSSR count). The number of hydrogen-bond acceptors (Lipinski definition) is 7. The Bertz CT molecular complexity index is 1730. The molecule has 0 saturated carbocycles. The predicted molar refractivity (Wildman–Crippen MR) is 185 cm³/mol. The van der Waals surface area contributed by atoms with Crippen LogP contribution in [-0.2, 0) is 28.7 Å². The fourth-order valence-electron chi connectivity index (χ4n) is 7.77. The molecule has 1 spiro atoms. The molecule has 2 bridgehead atoms. The summed E-state index contributed by atoms with van der Waals surface area (Å²) in [5, 5.41) is 14.6. The van der Waals surface area contributed by atoms with Crippen LogP contribution in [0.4, 0.5) is 5.69 Å². The molecule has 0 aliphatic carbocycles. The van der Waals surface area contributed by atoms with Crippen molar-refractivity contribution >= 4 is 40.2 Å². The number of rotatable bonds is 15. The zero-order chi connectivity index (χ0) is 34.5. The molecule has 0 aromatic heterocycles. The third-order valence-corrected chi connectivity index (χ3v) is 9.98. The molecule has 3 aromatic carbocycles. The van der Waals surface area contributed by atoms with Gasteiger partial charge in [0.25, 0.3) is 5.91 Å². The van der Waals surface area contributed by atoms with Crippen molar-refractivity contribution in [2.45, 2.75) is 56.0 Å². The van der Waals surface area contributed by atoms with E-state index in [4.69, 9.17) is 9.47 Å². The molecular formula is C39H43N3O7. The van der Waals surface area contributed by atoms with E-state index < -0.39 is 41.7 Å². The van der Waals surface area contributed by atoms with Crippen molar-refractivity contribution in [2.75, 3.05) is 31.1 Å². The zero-order valence-electron chi connectivity index (χ0n) is 27.5. The van der Waals surface area contributed by atoms with Gasteiger partial charge in [-0.25, -0.2) is 0 Å². The molecule has 2 N–H and O–H groups in total. The van der Waals surface area contributed by atoms with Gasteiger partial charge in [-0.1, -0.05) is 72.8 Å². The maximum absolute atomic E-state index is 14.8. The summed E-state index contributed by atoms with van der Waals surface area (Å²) in [5.74, 6) is -3.36. The maximum atomic E-state index is 14.8. The summed E-state index contributed by atoms with van der Waals surface area (Å²) >= 11 is 0. The van der Waals surface area contributed by atoms with Gasteiger partial charge in [-0.3, -0.25) is 19.2 Å². The Kier molecular flexibility index (Phi) is 10.3. The first-order valence-corrected chi connectivity index (χ1v) is 17.0. The van der Waals surface area contributed by atoms with Crippen molar-refractivity contribution in [1.29, 1.82) is 0 Å². The van der Waals surface area contributed by atoms with Crippen LogP contribution >= 0.6 is 0 Å². The van der Waals surface area contributed by atoms with Gasteiger partial charge >= 0.3 is 5.97 Å². The number of anilines is 1. The molecule has 3 aliphatic heterocycles. The number of carbonyl (C=O) groups is 4. The molecule has 3 fully saturated rings. The fourth-order valence-corrected chi connectivity index (χ4v) is 7.77. The van der Waals surface area contributed by atoms with Crippen molar-refractivity contribution in [3.63, 3.8) is 0 Å². The van der Waals surface area contributed by atoms with E-state index in [1.54, 1.807) is 17.1 Å². The van der Waals surface area contributed by atoms with Crippen molar-refractivity contribution < 1.29 is 33.8 Å². The van der Waals surface area contributed by atoms with Crippen molar-refractivity contribution in [1.82, 2.24) is 10.2 Å². The van der Waals surface area contributed by atoms with Gasteiger partial charge in [-0.05, 0) is 54.2 Å². The molecule has 10 nitrogen and oxygen atoms in total. The van der Waals surface area contributed by atoms with E-state index in [2.05, 4.69) is 18.5 Å². The standard InChI is InChI=1S/C39H43N3O7/c1-3-5-16-32(44)40-25-31(27-13-7-6-8-14-27)48-38(47)33-30-19-20-39(49-30)34(33)36(45)42(22-11-23-43)35(39)37(46)41(21-4-2)29-18-17-26-12-9-10-15-28(26)24-29/h3-4,6-10,12-15,17-18,24,30-31,33-35,43H,1-2,5,11,16,19-23,25H2,(H,40,44)/t30-,31+,33+,34+,35-,39+/m1/s1. The van der Waals surface area contributed by atoms with E-state index in [1.807, 2.05) is 72.8 Å². The van der Waals surface area contributed by atoms with Gasteiger partial charge in [0.2, 0.25) is 11.8 Å². The van der Waals surface area contributed by atoms with E-state index in [0.717, 1.165) is 10.8 Å². The summed E-state index contributed by atoms with van der Waals surface area (Å²) in [6.07, 6.45) is 3.84. The highest BCUT2D eigenvalue weighted by atomic mass is 16.6. The average molecular weight is 666 g/mol. The van der Waals surface area contributed by atoms with E-state index in [1.165, 1.54) is 4.90 Å². The number of aliphatic hydroxyl groups is 1. The predicted octanol–water partition coefficient (Wildman–Crippen LogP) is 4.48. The first-order chi connectivity index (χ1) is 23.8. The number of nitrogens with zero attached hydrogens (tertiary/aromatic N) is 2. The average Bonchev–Trinajstić information content (AvgIpc) is 3.77. The Morgan fingerprint density at radius 1 is 1.06 bits per heavy atom. The molecule has 256 valence electrons. The maximum Gasteiger partial charge on any atom is 0.313 e. The van der Waals surface area contributed by atoms with Crippen LogP contribution in [0.5, 0.6) is 0 Å². The number of benzene rings is 3. The van der Waals surface area contributed by atoms with Crippen molar-refractivity contribution in [3.05, 3.63) is 104 Å². The summed E-state index contributed by atoms with van der Waals surface area (Å²) in [4.78, 5) is 58.8. The van der Waals surface area contributed by atoms with Gasteiger partial charge in [0.1, 0.15) is 17.7 Å². The van der Waals surface area contributed by atoms with E-state index in [0.29, 0.717) is 30.5 Å². The lowest BCUT2D eigenvalue weighted by atomic mass is 9.70. The molecule has 3 aliphatic rings. The van der Waals surface area contributed by atoms with Crippen LogP contribution < -0.4 is 10.2 Å². The highest BCUT2D eigenvalue weighted by molar-refractivity contribution is 6.05. The van der Waals surface area contributed by atoms with Gasteiger partial charge in [0.15, 0.2) is 0 Å². The summed E-state index contributed by atoms with van der Waals surface area (Å²) in [5.41, 5.74) is 0.113. The number of fused-ring (bicyclic) bond motifs is 2. The number of aliphatic hydroxyl groups excluding tert-OH is 1. The lowest BCUT2D eigenvalue weighted by Crippen LogP contribution is -2.56. The number of likely N-dealkylation sites (tertiary alicyclic amines) is 1. The first-order valence-electron chi connectivity index (χ1n) is 17.0. The molecule has 0 unspecified atom stereocenters. The van der Waals surface area contributed by atoms with Crippen molar-refractivity contribution in [2.24, 2.45) is 11.8 Å². The second-order valence-corrected chi connectivity index (χ2v) is 12.9. The second kappa shape index (κ2) is 14.8. The smallest absolute Gasteiger partial charge is 0.313 e. The lowest BCUT2D eigenvalue weighted by molar-refractivity contribution is -0.160. The quantitative estimate of drug-likeness (QED) is 0.181. The molecule has 10 heteroatoms. The first kappa shape index (κ1) is 34.1. The Morgan fingerprint density at radius 3 is 2.55 bits per heavy atom. The van der Waals surface area contributed by atoms with Gasteiger partial charge < -0.3 is 29.7 Å². The Balaban J connectivity index is 1.30. The summed E-state index contributed by atoms with van der Waals surface area (Å²) in [7, 11) is 0. The van der Waals surface area contributed by atoms with Gasteiger partial charge in [0, 0.05) is 31.8 Å². The minimum absolute atomic E-state index is 0.0553. The number of allylic oxidation sites excluding steroid dienone is 1. The Hall–Kier alpha value is -4.80. The normalized spacial score (nSPS) is 24.3. The SMILES string of the molecule is C=CCCC(=O)NC[C@H](OC(=O)[C@@H]1[C@H]2C(=O)N(CCCO)[C@H](C(=O)N(CC=C)c3ccc4ccccc4c3)[C@]23CC[C@H]1O3)c1ccccc1. The molecule has 6 atom stereocenters. The number of esters is 1.